The van der Waals surface area contributed by atoms with Crippen LogP contribution in [0.25, 0.3) is 0 Å². The number of amides is 1. The number of carbonyl (C=O) groups is 1. The highest BCUT2D eigenvalue weighted by molar-refractivity contribution is 5.88. The second kappa shape index (κ2) is 6.24. The predicted molar refractivity (Wildman–Crippen MR) is 69.8 cm³/mol. The number of aromatic nitrogens is 5. The van der Waals surface area contributed by atoms with Crippen molar-refractivity contribution in [1.29, 1.82) is 0 Å². The highest BCUT2D eigenvalue weighted by atomic mass is 16.4. The summed E-state index contributed by atoms with van der Waals surface area (Å²) < 4.78 is 6.71. The summed E-state index contributed by atoms with van der Waals surface area (Å²) in [5.41, 5.74) is 6.17. The molecule has 3 N–H and O–H groups in total. The van der Waals surface area contributed by atoms with Gasteiger partial charge in [0.15, 0.2) is 0 Å². The maximum absolute atomic E-state index is 11.8. The van der Waals surface area contributed by atoms with Crippen LogP contribution in [-0.2, 0) is 17.8 Å². The number of nitrogens with two attached hydrogens (primary N) is 1. The van der Waals surface area contributed by atoms with Crippen LogP contribution in [0.15, 0.2) is 10.6 Å². The standard InChI is InChI=1S/C11H17N7O2/c1-7(2)10-15-16-11(20-10)13-9(19)6-18-5-8(3-4-12)14-17-18/h5,7H,3-4,6,12H2,1-2H3,(H,13,16,19). The third kappa shape index (κ3) is 3.60. The molecule has 2 aromatic heterocycles. The average molecular weight is 279 g/mol. The van der Waals surface area contributed by atoms with Gasteiger partial charge in [-0.2, -0.15) is 0 Å². The van der Waals surface area contributed by atoms with Crippen LogP contribution in [0.5, 0.6) is 0 Å². The molecule has 1 amide bonds. The molecule has 0 saturated heterocycles. The zero-order valence-corrected chi connectivity index (χ0v) is 11.4. The van der Waals surface area contributed by atoms with Crippen LogP contribution >= 0.6 is 0 Å². The number of rotatable bonds is 6. The van der Waals surface area contributed by atoms with Crippen LogP contribution < -0.4 is 11.1 Å². The van der Waals surface area contributed by atoms with Crippen molar-refractivity contribution in [2.75, 3.05) is 11.9 Å². The van der Waals surface area contributed by atoms with Crippen LogP contribution in [0.4, 0.5) is 6.01 Å². The van der Waals surface area contributed by atoms with Crippen molar-refractivity contribution in [2.24, 2.45) is 5.73 Å². The van der Waals surface area contributed by atoms with Gasteiger partial charge in [0.2, 0.25) is 11.8 Å². The number of hydrogen-bond acceptors (Lipinski definition) is 7. The lowest BCUT2D eigenvalue weighted by atomic mass is 10.2. The molecule has 108 valence electrons. The van der Waals surface area contributed by atoms with Crippen LogP contribution in [0.2, 0.25) is 0 Å². The van der Waals surface area contributed by atoms with E-state index < -0.39 is 0 Å². The van der Waals surface area contributed by atoms with Crippen molar-refractivity contribution in [3.63, 3.8) is 0 Å². The molecule has 2 rings (SSSR count). The molecule has 0 spiro atoms. The predicted octanol–water partition coefficient (Wildman–Crippen LogP) is -0.0756. The van der Waals surface area contributed by atoms with Crippen molar-refractivity contribution < 1.29 is 9.21 Å². The average Bonchev–Trinajstić information content (AvgIpc) is 2.99. The monoisotopic (exact) mass is 279 g/mol. The van der Waals surface area contributed by atoms with Gasteiger partial charge in [-0.1, -0.05) is 24.2 Å². The number of hydrogen-bond donors (Lipinski definition) is 2. The highest BCUT2D eigenvalue weighted by Gasteiger charge is 2.13. The van der Waals surface area contributed by atoms with Gasteiger partial charge < -0.3 is 10.2 Å². The normalized spacial score (nSPS) is 11.0. The lowest BCUT2D eigenvalue weighted by molar-refractivity contribution is -0.117. The first-order valence-corrected chi connectivity index (χ1v) is 6.31. The zero-order chi connectivity index (χ0) is 14.5. The minimum Gasteiger partial charge on any atom is -0.408 e. The van der Waals surface area contributed by atoms with E-state index in [1.807, 2.05) is 13.8 Å². The third-order valence-corrected chi connectivity index (χ3v) is 2.47. The summed E-state index contributed by atoms with van der Waals surface area (Å²) in [6.07, 6.45) is 2.31. The van der Waals surface area contributed by atoms with Gasteiger partial charge in [0.25, 0.3) is 0 Å². The molecule has 0 unspecified atom stereocenters. The fraction of sp³-hybridized carbons (Fsp3) is 0.545. The SMILES string of the molecule is CC(C)c1nnc(NC(=O)Cn2cc(CCN)nn2)o1. The molecule has 0 radical (unpaired) electrons. The Hall–Kier alpha value is -2.29. The Morgan fingerprint density at radius 2 is 2.25 bits per heavy atom. The summed E-state index contributed by atoms with van der Waals surface area (Å²) in [5, 5.41) is 17.8. The molecular weight excluding hydrogens is 262 g/mol. The summed E-state index contributed by atoms with van der Waals surface area (Å²) in [4.78, 5) is 11.8. The van der Waals surface area contributed by atoms with Gasteiger partial charge in [-0.15, -0.1) is 10.2 Å². The smallest absolute Gasteiger partial charge is 0.322 e. The number of anilines is 1. The molecule has 9 heteroatoms. The van der Waals surface area contributed by atoms with Crippen molar-refractivity contribution in [3.05, 3.63) is 17.8 Å². The maximum atomic E-state index is 11.8. The number of nitrogens with zero attached hydrogens (tertiary/aromatic N) is 5. The lowest BCUT2D eigenvalue weighted by Crippen LogP contribution is -2.19. The lowest BCUT2D eigenvalue weighted by Gasteiger charge is -2.00. The molecule has 9 nitrogen and oxygen atoms in total. The first-order valence-electron chi connectivity index (χ1n) is 6.31. The van der Waals surface area contributed by atoms with E-state index >= 15 is 0 Å². The van der Waals surface area contributed by atoms with Crippen molar-refractivity contribution in [1.82, 2.24) is 25.2 Å². The minimum absolute atomic E-state index is 0.0248. The Bertz CT molecular complexity index is 575. The molecule has 0 aromatic carbocycles. The van der Waals surface area contributed by atoms with E-state index in [1.54, 1.807) is 6.20 Å². The van der Waals surface area contributed by atoms with E-state index in [0.29, 0.717) is 18.9 Å². The first kappa shape index (κ1) is 14.1. The van der Waals surface area contributed by atoms with Crippen LogP contribution in [0.1, 0.15) is 31.4 Å². The summed E-state index contributed by atoms with van der Waals surface area (Å²) in [6.45, 7) is 4.36. The molecule has 20 heavy (non-hydrogen) atoms. The maximum Gasteiger partial charge on any atom is 0.322 e. The Labute approximate surface area is 115 Å². The highest BCUT2D eigenvalue weighted by Crippen LogP contribution is 2.14. The Morgan fingerprint density at radius 1 is 1.45 bits per heavy atom. The van der Waals surface area contributed by atoms with Gasteiger partial charge in [0.05, 0.1) is 5.69 Å². The summed E-state index contributed by atoms with van der Waals surface area (Å²) >= 11 is 0. The van der Waals surface area contributed by atoms with Crippen molar-refractivity contribution in [3.8, 4) is 0 Å². The molecule has 0 fully saturated rings. The van der Waals surface area contributed by atoms with Gasteiger partial charge >= 0.3 is 6.01 Å². The Morgan fingerprint density at radius 3 is 2.90 bits per heavy atom. The topological polar surface area (TPSA) is 125 Å². The molecule has 0 aliphatic rings. The van der Waals surface area contributed by atoms with Gasteiger partial charge in [-0.05, 0) is 6.54 Å². The molecule has 0 saturated carbocycles. The second-order valence-electron chi connectivity index (χ2n) is 4.59. The molecule has 0 aliphatic heterocycles. The summed E-state index contributed by atoms with van der Waals surface area (Å²) in [5.74, 6) is 0.279. The molecular formula is C11H17N7O2. The molecule has 0 aliphatic carbocycles. The van der Waals surface area contributed by atoms with Crippen molar-refractivity contribution in [2.45, 2.75) is 32.7 Å². The van der Waals surface area contributed by atoms with E-state index in [2.05, 4.69) is 25.8 Å². The largest absolute Gasteiger partial charge is 0.408 e. The summed E-state index contributed by atoms with van der Waals surface area (Å²) in [6, 6.07) is 0.0843. The second-order valence-corrected chi connectivity index (χ2v) is 4.59. The third-order valence-electron chi connectivity index (χ3n) is 2.47. The summed E-state index contributed by atoms with van der Waals surface area (Å²) in [7, 11) is 0. The van der Waals surface area contributed by atoms with E-state index in [4.69, 9.17) is 10.2 Å². The molecule has 2 aromatic rings. The van der Waals surface area contributed by atoms with Gasteiger partial charge in [0.1, 0.15) is 6.54 Å². The minimum atomic E-state index is -0.312. The number of nitrogens with one attached hydrogen (secondary N) is 1. The molecule has 2 heterocycles. The zero-order valence-electron chi connectivity index (χ0n) is 11.4. The van der Waals surface area contributed by atoms with Crippen LogP contribution in [0, 0.1) is 0 Å². The quantitative estimate of drug-likeness (QED) is 0.757. The van der Waals surface area contributed by atoms with E-state index in [0.717, 1.165) is 5.69 Å². The number of carbonyl (C=O) groups excluding carboxylic acids is 1. The fourth-order valence-corrected chi connectivity index (χ4v) is 1.50. The Balaban J connectivity index is 1.90. The van der Waals surface area contributed by atoms with Crippen LogP contribution in [0.3, 0.4) is 0 Å². The van der Waals surface area contributed by atoms with Crippen molar-refractivity contribution >= 4 is 11.9 Å². The molecule has 0 atom stereocenters. The van der Waals surface area contributed by atoms with E-state index in [1.165, 1.54) is 4.68 Å². The molecule has 0 bridgehead atoms. The van der Waals surface area contributed by atoms with Gasteiger partial charge in [-0.3, -0.25) is 10.1 Å². The fourth-order valence-electron chi connectivity index (χ4n) is 1.50. The first-order chi connectivity index (χ1) is 9.58. The van der Waals surface area contributed by atoms with E-state index in [9.17, 15) is 4.79 Å². The van der Waals surface area contributed by atoms with Gasteiger partial charge in [0, 0.05) is 18.5 Å². The van der Waals surface area contributed by atoms with Crippen LogP contribution in [-0.4, -0.2) is 37.6 Å². The van der Waals surface area contributed by atoms with Gasteiger partial charge in [-0.25, -0.2) is 4.68 Å². The van der Waals surface area contributed by atoms with E-state index in [-0.39, 0.29) is 24.4 Å². The Kier molecular flexibility index (Phi) is 4.41.